The van der Waals surface area contributed by atoms with E-state index < -0.39 is 24.0 Å². The van der Waals surface area contributed by atoms with E-state index in [0.717, 1.165) is 10.3 Å². The Hall–Kier alpha value is -0.915. The number of pyridine rings is 1. The second-order valence-corrected chi connectivity index (χ2v) is 7.44. The molecule has 2 rings (SSSR count). The summed E-state index contributed by atoms with van der Waals surface area (Å²) in [5, 5.41) is 0. The lowest BCUT2D eigenvalue weighted by atomic mass is 9.87. The zero-order valence-electron chi connectivity index (χ0n) is 13.8. The first-order chi connectivity index (χ1) is 10.0. The van der Waals surface area contributed by atoms with Crippen LogP contribution >= 0.6 is 15.9 Å². The first-order valence-corrected chi connectivity index (χ1v) is 7.88. The number of halogens is 2. The van der Waals surface area contributed by atoms with E-state index in [4.69, 9.17) is 9.31 Å². The highest BCUT2D eigenvalue weighted by Gasteiger charge is 2.53. The van der Waals surface area contributed by atoms with E-state index in [1.807, 2.05) is 52.8 Å². The standard InChI is InChI=1S/C15H21BBrFN2O2/c1-14(2)15(3,4)22-16(21-14)12(18)8-10-7-11(17)13(19-9-10)20(5)6/h7-9H,1-6H3. The van der Waals surface area contributed by atoms with Gasteiger partial charge in [0.1, 0.15) is 11.5 Å². The Kier molecular flexibility index (Phi) is 4.71. The van der Waals surface area contributed by atoms with E-state index >= 15 is 0 Å². The fraction of sp³-hybridized carbons (Fsp3) is 0.533. The van der Waals surface area contributed by atoms with Crippen LogP contribution in [0.2, 0.25) is 0 Å². The van der Waals surface area contributed by atoms with Gasteiger partial charge < -0.3 is 14.2 Å². The number of hydrogen-bond acceptors (Lipinski definition) is 4. The van der Waals surface area contributed by atoms with E-state index in [0.29, 0.717) is 5.56 Å². The summed E-state index contributed by atoms with van der Waals surface area (Å²) in [7, 11) is 2.80. The Labute approximate surface area is 140 Å². The number of rotatable bonds is 3. The molecule has 2 heterocycles. The Morgan fingerprint density at radius 3 is 2.27 bits per heavy atom. The Bertz CT molecular complexity index is 589. The average Bonchev–Trinajstić information content (AvgIpc) is 2.58. The van der Waals surface area contributed by atoms with E-state index in [-0.39, 0.29) is 0 Å². The zero-order chi connectivity index (χ0) is 16.7. The third kappa shape index (κ3) is 3.36. The molecule has 0 saturated carbocycles. The van der Waals surface area contributed by atoms with Crippen LogP contribution in [0, 0.1) is 0 Å². The number of nitrogens with zero attached hydrogens (tertiary/aromatic N) is 2. The van der Waals surface area contributed by atoms with Gasteiger partial charge in [-0.1, -0.05) is 0 Å². The predicted molar refractivity (Wildman–Crippen MR) is 91.4 cm³/mol. The Balaban J connectivity index is 2.22. The van der Waals surface area contributed by atoms with Crippen molar-refractivity contribution in [2.24, 2.45) is 0 Å². The highest BCUT2D eigenvalue weighted by molar-refractivity contribution is 9.10. The van der Waals surface area contributed by atoms with Crippen LogP contribution in [-0.4, -0.2) is 37.4 Å². The van der Waals surface area contributed by atoms with Crippen LogP contribution in [0.3, 0.4) is 0 Å². The van der Waals surface area contributed by atoms with Crippen LogP contribution in [0.15, 0.2) is 22.5 Å². The maximum atomic E-state index is 14.4. The van der Waals surface area contributed by atoms with Gasteiger partial charge in [0, 0.05) is 20.3 Å². The van der Waals surface area contributed by atoms with Gasteiger partial charge in [0.25, 0.3) is 0 Å². The van der Waals surface area contributed by atoms with Crippen molar-refractivity contribution in [1.29, 1.82) is 0 Å². The van der Waals surface area contributed by atoms with E-state index in [1.165, 1.54) is 6.08 Å². The Morgan fingerprint density at radius 1 is 1.27 bits per heavy atom. The average molecular weight is 371 g/mol. The van der Waals surface area contributed by atoms with E-state index in [2.05, 4.69) is 20.9 Å². The molecule has 1 saturated heterocycles. The molecular formula is C15H21BBrFN2O2. The fourth-order valence-corrected chi connectivity index (χ4v) is 2.76. The summed E-state index contributed by atoms with van der Waals surface area (Å²) in [5.41, 5.74) is -0.943. The van der Waals surface area contributed by atoms with Crippen molar-refractivity contribution >= 4 is 34.9 Å². The molecule has 0 amide bonds. The molecule has 0 aliphatic carbocycles. The molecule has 1 aliphatic heterocycles. The molecule has 7 heteroatoms. The molecule has 4 nitrogen and oxygen atoms in total. The molecule has 0 radical (unpaired) electrons. The van der Waals surface area contributed by atoms with Gasteiger partial charge in [0.15, 0.2) is 0 Å². The minimum absolute atomic E-state index is 0.468. The van der Waals surface area contributed by atoms with Gasteiger partial charge in [-0.25, -0.2) is 9.37 Å². The second kappa shape index (κ2) is 5.94. The fourth-order valence-electron chi connectivity index (χ4n) is 2.04. The van der Waals surface area contributed by atoms with Crippen molar-refractivity contribution in [3.05, 3.63) is 28.0 Å². The van der Waals surface area contributed by atoms with Crippen molar-refractivity contribution in [2.45, 2.75) is 38.9 Å². The SMILES string of the molecule is CN(C)c1ncc(C=C(F)B2OC(C)(C)C(C)(C)O2)cc1Br. The third-order valence-electron chi connectivity index (χ3n) is 4.05. The molecule has 1 aromatic rings. The summed E-state index contributed by atoms with van der Waals surface area (Å²) in [6.45, 7) is 7.57. The smallest absolute Gasteiger partial charge is 0.398 e. The highest BCUT2D eigenvalue weighted by Crippen LogP contribution is 2.39. The molecule has 0 spiro atoms. The van der Waals surface area contributed by atoms with Gasteiger partial charge in [-0.15, -0.1) is 0 Å². The summed E-state index contributed by atoms with van der Waals surface area (Å²) >= 11 is 3.44. The van der Waals surface area contributed by atoms with E-state index in [1.54, 1.807) is 6.20 Å². The molecule has 1 aliphatic rings. The number of hydrogen-bond donors (Lipinski definition) is 0. The molecule has 0 aromatic carbocycles. The van der Waals surface area contributed by atoms with Crippen molar-refractivity contribution in [1.82, 2.24) is 4.98 Å². The van der Waals surface area contributed by atoms with Gasteiger partial charge >= 0.3 is 7.12 Å². The van der Waals surface area contributed by atoms with Crippen LogP contribution in [0.25, 0.3) is 6.08 Å². The summed E-state index contributed by atoms with van der Waals surface area (Å²) in [6, 6.07) is 1.81. The molecule has 120 valence electrons. The van der Waals surface area contributed by atoms with Crippen LogP contribution in [0.4, 0.5) is 10.2 Å². The first kappa shape index (κ1) is 17.4. The zero-order valence-corrected chi connectivity index (χ0v) is 15.4. The lowest BCUT2D eigenvalue weighted by molar-refractivity contribution is 0.00578. The van der Waals surface area contributed by atoms with Crippen molar-refractivity contribution in [3.8, 4) is 0 Å². The van der Waals surface area contributed by atoms with Gasteiger partial charge in [0.05, 0.1) is 15.7 Å². The maximum Gasteiger partial charge on any atom is 0.525 e. The second-order valence-electron chi connectivity index (χ2n) is 6.59. The van der Waals surface area contributed by atoms with Crippen molar-refractivity contribution < 1.29 is 13.7 Å². The lowest BCUT2D eigenvalue weighted by Gasteiger charge is -2.32. The van der Waals surface area contributed by atoms with Crippen LogP contribution in [0.1, 0.15) is 33.3 Å². The predicted octanol–water partition coefficient (Wildman–Crippen LogP) is 3.85. The first-order valence-electron chi connectivity index (χ1n) is 7.09. The van der Waals surface area contributed by atoms with Gasteiger partial charge in [-0.05, 0) is 61.3 Å². The third-order valence-corrected chi connectivity index (χ3v) is 4.63. The lowest BCUT2D eigenvalue weighted by Crippen LogP contribution is -2.41. The number of aromatic nitrogens is 1. The van der Waals surface area contributed by atoms with Crippen LogP contribution in [-0.2, 0) is 9.31 Å². The highest BCUT2D eigenvalue weighted by atomic mass is 79.9. The largest absolute Gasteiger partial charge is 0.525 e. The van der Waals surface area contributed by atoms with Crippen molar-refractivity contribution in [2.75, 3.05) is 19.0 Å². The van der Waals surface area contributed by atoms with Crippen molar-refractivity contribution in [3.63, 3.8) is 0 Å². The van der Waals surface area contributed by atoms with Gasteiger partial charge in [0.2, 0.25) is 0 Å². The minimum atomic E-state index is -0.989. The van der Waals surface area contributed by atoms with E-state index in [9.17, 15) is 4.39 Å². The molecule has 0 N–H and O–H groups in total. The summed E-state index contributed by atoms with van der Waals surface area (Å²) in [4.78, 5) is 6.18. The molecule has 1 fully saturated rings. The molecule has 22 heavy (non-hydrogen) atoms. The summed E-state index contributed by atoms with van der Waals surface area (Å²) < 4.78 is 26.6. The minimum Gasteiger partial charge on any atom is -0.398 e. The molecule has 0 atom stereocenters. The molecule has 0 unspecified atom stereocenters. The van der Waals surface area contributed by atoms with Gasteiger partial charge in [-0.3, -0.25) is 0 Å². The molecule has 1 aromatic heterocycles. The van der Waals surface area contributed by atoms with Crippen LogP contribution in [0.5, 0.6) is 0 Å². The normalized spacial score (nSPS) is 20.4. The Morgan fingerprint density at radius 2 is 1.82 bits per heavy atom. The number of anilines is 1. The van der Waals surface area contributed by atoms with Gasteiger partial charge in [-0.2, -0.15) is 0 Å². The maximum absolute atomic E-state index is 14.4. The summed E-state index contributed by atoms with van der Waals surface area (Å²) in [5.74, 6) is 0.785. The van der Waals surface area contributed by atoms with Crippen LogP contribution < -0.4 is 4.90 Å². The topological polar surface area (TPSA) is 34.6 Å². The molecular weight excluding hydrogens is 350 g/mol. The quantitative estimate of drug-likeness (QED) is 0.757. The summed E-state index contributed by atoms with van der Waals surface area (Å²) in [6.07, 6.45) is 3.00. The molecule has 0 bridgehead atoms. The monoisotopic (exact) mass is 370 g/mol.